The number of nitrogens with two attached hydrogens (primary N) is 1. The predicted molar refractivity (Wildman–Crippen MR) is 70.6 cm³/mol. The maximum absolute atomic E-state index is 12.2. The van der Waals surface area contributed by atoms with Gasteiger partial charge in [-0.15, -0.1) is 0 Å². The SMILES string of the molecule is CCC(CC)C(=O)N(CCOC)CCC(N)=NO. The molecule has 0 spiro atoms. The molecule has 0 unspecified atom stereocenters. The Morgan fingerprint density at radius 3 is 2.44 bits per heavy atom. The van der Waals surface area contributed by atoms with Gasteiger partial charge in [-0.25, -0.2) is 0 Å². The maximum atomic E-state index is 12.2. The van der Waals surface area contributed by atoms with Crippen molar-refractivity contribution < 1.29 is 14.7 Å². The lowest BCUT2D eigenvalue weighted by Gasteiger charge is -2.26. The number of amides is 1. The van der Waals surface area contributed by atoms with Gasteiger partial charge >= 0.3 is 0 Å². The minimum atomic E-state index is 0.0362. The summed E-state index contributed by atoms with van der Waals surface area (Å²) < 4.78 is 5.00. The van der Waals surface area contributed by atoms with Gasteiger partial charge in [-0.3, -0.25) is 4.79 Å². The van der Waals surface area contributed by atoms with Crippen LogP contribution in [0.15, 0.2) is 5.16 Å². The van der Waals surface area contributed by atoms with Gasteiger partial charge in [-0.05, 0) is 12.8 Å². The maximum Gasteiger partial charge on any atom is 0.225 e. The van der Waals surface area contributed by atoms with Crippen LogP contribution in [0.25, 0.3) is 0 Å². The van der Waals surface area contributed by atoms with Gasteiger partial charge in [0.2, 0.25) is 5.91 Å². The molecule has 6 nitrogen and oxygen atoms in total. The molecule has 0 saturated carbocycles. The fraction of sp³-hybridized carbons (Fsp3) is 0.833. The highest BCUT2D eigenvalue weighted by molar-refractivity contribution is 5.82. The first-order chi connectivity index (χ1) is 8.60. The largest absolute Gasteiger partial charge is 0.409 e. The van der Waals surface area contributed by atoms with Gasteiger partial charge in [0, 0.05) is 32.5 Å². The Labute approximate surface area is 109 Å². The third kappa shape index (κ3) is 5.86. The Kier molecular flexibility index (Phi) is 9.00. The molecule has 0 heterocycles. The van der Waals surface area contributed by atoms with Crippen LogP contribution in [-0.2, 0) is 9.53 Å². The predicted octanol–water partition coefficient (Wildman–Crippen LogP) is 1.03. The average molecular weight is 259 g/mol. The fourth-order valence-corrected chi connectivity index (χ4v) is 1.73. The molecule has 0 fully saturated rings. The molecule has 1 amide bonds. The molecule has 0 aromatic carbocycles. The summed E-state index contributed by atoms with van der Waals surface area (Å²) >= 11 is 0. The van der Waals surface area contributed by atoms with E-state index in [1.807, 2.05) is 13.8 Å². The first-order valence-corrected chi connectivity index (χ1v) is 6.34. The highest BCUT2D eigenvalue weighted by Gasteiger charge is 2.21. The number of hydrogen-bond acceptors (Lipinski definition) is 4. The Hall–Kier alpha value is -1.30. The molecule has 18 heavy (non-hydrogen) atoms. The van der Waals surface area contributed by atoms with E-state index in [9.17, 15) is 4.79 Å². The second kappa shape index (κ2) is 9.70. The number of oxime groups is 1. The van der Waals surface area contributed by atoms with Crippen LogP contribution < -0.4 is 5.73 Å². The summed E-state index contributed by atoms with van der Waals surface area (Å²) in [6.45, 7) is 5.48. The highest BCUT2D eigenvalue weighted by Crippen LogP contribution is 2.12. The minimum absolute atomic E-state index is 0.0362. The molecule has 0 aliphatic carbocycles. The highest BCUT2D eigenvalue weighted by atomic mass is 16.5. The zero-order valence-corrected chi connectivity index (χ0v) is 11.6. The molecule has 0 aromatic rings. The lowest BCUT2D eigenvalue weighted by Crippen LogP contribution is -2.40. The summed E-state index contributed by atoms with van der Waals surface area (Å²) in [5.74, 6) is 0.284. The summed E-state index contributed by atoms with van der Waals surface area (Å²) in [6.07, 6.45) is 2.01. The van der Waals surface area contributed by atoms with Crippen molar-refractivity contribution in [2.24, 2.45) is 16.8 Å². The van der Waals surface area contributed by atoms with Crippen molar-refractivity contribution in [2.45, 2.75) is 33.1 Å². The molecule has 0 radical (unpaired) electrons. The molecule has 0 saturated heterocycles. The van der Waals surface area contributed by atoms with Crippen LogP contribution in [0.5, 0.6) is 0 Å². The second-order valence-electron chi connectivity index (χ2n) is 4.17. The summed E-state index contributed by atoms with van der Waals surface area (Å²) in [7, 11) is 1.60. The van der Waals surface area contributed by atoms with E-state index in [1.165, 1.54) is 0 Å². The number of carbonyl (C=O) groups is 1. The van der Waals surface area contributed by atoms with Gasteiger partial charge in [0.15, 0.2) is 0 Å². The van der Waals surface area contributed by atoms with Gasteiger partial charge in [-0.1, -0.05) is 19.0 Å². The first kappa shape index (κ1) is 16.7. The van der Waals surface area contributed by atoms with Gasteiger partial charge < -0.3 is 20.6 Å². The van der Waals surface area contributed by atoms with Crippen LogP contribution in [-0.4, -0.2) is 48.7 Å². The van der Waals surface area contributed by atoms with Crippen LogP contribution >= 0.6 is 0 Å². The van der Waals surface area contributed by atoms with E-state index >= 15 is 0 Å². The topological polar surface area (TPSA) is 88.2 Å². The van der Waals surface area contributed by atoms with Crippen LogP contribution in [0.3, 0.4) is 0 Å². The van der Waals surface area contributed by atoms with Gasteiger partial charge in [0.25, 0.3) is 0 Å². The van der Waals surface area contributed by atoms with Crippen molar-refractivity contribution in [3.8, 4) is 0 Å². The third-order valence-electron chi connectivity index (χ3n) is 2.98. The quantitative estimate of drug-likeness (QED) is 0.280. The van der Waals surface area contributed by atoms with Gasteiger partial charge in [0.05, 0.1) is 6.61 Å². The Morgan fingerprint density at radius 1 is 1.39 bits per heavy atom. The number of hydrogen-bond donors (Lipinski definition) is 2. The van der Waals surface area contributed by atoms with E-state index in [-0.39, 0.29) is 17.7 Å². The molecule has 0 rings (SSSR count). The van der Waals surface area contributed by atoms with Gasteiger partial charge in [-0.2, -0.15) is 0 Å². The zero-order valence-electron chi connectivity index (χ0n) is 11.6. The molecular formula is C12H25N3O3. The van der Waals surface area contributed by atoms with Crippen LogP contribution in [0.1, 0.15) is 33.1 Å². The lowest BCUT2D eigenvalue weighted by molar-refractivity contribution is -0.136. The smallest absolute Gasteiger partial charge is 0.225 e. The molecule has 0 aliphatic heterocycles. The summed E-state index contributed by atoms with van der Waals surface area (Å²) in [6, 6.07) is 0. The number of rotatable bonds is 9. The number of methoxy groups -OCH3 is 1. The van der Waals surface area contributed by atoms with Crippen LogP contribution in [0.4, 0.5) is 0 Å². The van der Waals surface area contributed by atoms with E-state index < -0.39 is 0 Å². The van der Waals surface area contributed by atoms with Crippen molar-refractivity contribution in [1.82, 2.24) is 4.90 Å². The van der Waals surface area contributed by atoms with Crippen molar-refractivity contribution >= 4 is 11.7 Å². The number of nitrogens with zero attached hydrogens (tertiary/aromatic N) is 2. The minimum Gasteiger partial charge on any atom is -0.409 e. The molecule has 6 heteroatoms. The van der Waals surface area contributed by atoms with Crippen molar-refractivity contribution in [3.63, 3.8) is 0 Å². The molecule has 3 N–H and O–H groups in total. The average Bonchev–Trinajstić information content (AvgIpc) is 2.39. The molecule has 0 bridgehead atoms. The Morgan fingerprint density at radius 2 is 2.00 bits per heavy atom. The molecule has 106 valence electrons. The number of amidine groups is 1. The Bertz CT molecular complexity index is 265. The van der Waals surface area contributed by atoms with Crippen LogP contribution in [0.2, 0.25) is 0 Å². The summed E-state index contributed by atoms with van der Waals surface area (Å²) in [5.41, 5.74) is 5.42. The Balaban J connectivity index is 4.50. The number of ether oxygens (including phenoxy) is 1. The zero-order chi connectivity index (χ0) is 14.0. The van der Waals surface area contributed by atoms with E-state index in [0.717, 1.165) is 12.8 Å². The van der Waals surface area contributed by atoms with Crippen molar-refractivity contribution in [2.75, 3.05) is 26.8 Å². The third-order valence-corrected chi connectivity index (χ3v) is 2.98. The first-order valence-electron chi connectivity index (χ1n) is 6.34. The standard InChI is InChI=1S/C12H25N3O3/c1-4-10(5-2)12(16)15(8-9-18-3)7-6-11(13)14-17/h10,17H,4-9H2,1-3H3,(H2,13,14). The summed E-state index contributed by atoms with van der Waals surface area (Å²) in [5, 5.41) is 11.4. The summed E-state index contributed by atoms with van der Waals surface area (Å²) in [4.78, 5) is 14.0. The fourth-order valence-electron chi connectivity index (χ4n) is 1.73. The van der Waals surface area contributed by atoms with Crippen LogP contribution in [0, 0.1) is 5.92 Å². The van der Waals surface area contributed by atoms with Gasteiger partial charge in [0.1, 0.15) is 5.84 Å². The van der Waals surface area contributed by atoms with E-state index in [2.05, 4.69) is 5.16 Å². The molecule has 0 aromatic heterocycles. The lowest BCUT2D eigenvalue weighted by atomic mass is 10.0. The number of carbonyl (C=O) groups excluding carboxylic acids is 1. The molecule has 0 aliphatic rings. The van der Waals surface area contributed by atoms with E-state index in [0.29, 0.717) is 26.1 Å². The molecule has 0 atom stereocenters. The van der Waals surface area contributed by atoms with E-state index in [1.54, 1.807) is 12.0 Å². The van der Waals surface area contributed by atoms with E-state index in [4.69, 9.17) is 15.7 Å². The molecular weight excluding hydrogens is 234 g/mol. The second-order valence-corrected chi connectivity index (χ2v) is 4.17. The normalized spacial score (nSPS) is 11.9. The van der Waals surface area contributed by atoms with Crippen molar-refractivity contribution in [3.05, 3.63) is 0 Å². The van der Waals surface area contributed by atoms with Crippen molar-refractivity contribution in [1.29, 1.82) is 0 Å². The monoisotopic (exact) mass is 259 g/mol.